The summed E-state index contributed by atoms with van der Waals surface area (Å²) in [5, 5.41) is -0.532. The van der Waals surface area contributed by atoms with Crippen LogP contribution in [0.1, 0.15) is 118 Å². The van der Waals surface area contributed by atoms with E-state index in [0.29, 0.717) is 36.0 Å². The maximum Gasteiger partial charge on any atom is 0.221 e. The van der Waals surface area contributed by atoms with E-state index >= 15 is 0 Å². The summed E-state index contributed by atoms with van der Waals surface area (Å²) in [6.45, 7) is 26.3. The highest BCUT2D eigenvalue weighted by Crippen LogP contribution is 2.58. The summed E-state index contributed by atoms with van der Waals surface area (Å²) < 4.78 is 0. The Morgan fingerprint density at radius 3 is 1.80 bits per heavy atom. The van der Waals surface area contributed by atoms with Gasteiger partial charge < -0.3 is 14.4 Å². The first kappa shape index (κ1) is 44.6. The van der Waals surface area contributed by atoms with Gasteiger partial charge in [0.25, 0.3) is 0 Å². The number of rotatable bonds is 21. The summed E-state index contributed by atoms with van der Waals surface area (Å²) in [5.74, 6) is 2.61. The maximum atomic E-state index is 11.4. The zero-order valence-corrected chi connectivity index (χ0v) is 37.3. The molecule has 1 aromatic carbocycles. The molecular weight excluding hydrogens is 676 g/mol. The van der Waals surface area contributed by atoms with Crippen LogP contribution in [0.15, 0.2) is 42.5 Å². The van der Waals surface area contributed by atoms with Gasteiger partial charge >= 0.3 is 0 Å². The Kier molecular flexibility index (Phi) is 16.4. The molecule has 0 spiro atoms. The molecule has 3 N–H and O–H groups in total. The average molecular weight is 752 g/mol. The molecule has 1 aliphatic rings. The summed E-state index contributed by atoms with van der Waals surface area (Å²) in [7, 11) is -7.18. The molecule has 2 rings (SSSR count). The molecule has 5 atom stereocenters. The van der Waals surface area contributed by atoms with Gasteiger partial charge in [-0.2, -0.15) is 0 Å². The van der Waals surface area contributed by atoms with Crippen LogP contribution in [0.2, 0.25) is 54.4 Å². The molecular formula is C41H75ClO4Si3. The second-order valence-electron chi connectivity index (χ2n) is 19.4. The molecule has 0 aromatic heterocycles. The van der Waals surface area contributed by atoms with Crippen LogP contribution in [0.4, 0.5) is 0 Å². The standard InChI is InChI=1S/C41H75ClO4Si3/c1-39(2,47(7,8)44)29-33(25-24-32-20-16-15-17-21-32)26-27-37-35(31-41(5,6)49(11,12)46)28-34(30-40(3,4)48(9,10)45)36(37)22-18-13-14-19-23-38(42)43/h13,15-18,20-21,33-37,44-46H,14,19,22-31H2,1-12H3/b18-13-/t33-,34-,35+,36+,37+/m1/s1. The molecule has 0 heterocycles. The van der Waals surface area contributed by atoms with Gasteiger partial charge in [-0.1, -0.05) is 90.4 Å². The fourth-order valence-electron chi connectivity index (χ4n) is 8.03. The van der Waals surface area contributed by atoms with E-state index in [1.165, 1.54) is 5.56 Å². The van der Waals surface area contributed by atoms with E-state index in [2.05, 4.69) is 123 Å². The first-order valence-corrected chi connectivity index (χ1v) is 28.5. The summed E-state index contributed by atoms with van der Waals surface area (Å²) in [6, 6.07) is 10.8. The van der Waals surface area contributed by atoms with Gasteiger partial charge in [0.05, 0.1) is 0 Å². The van der Waals surface area contributed by atoms with Crippen LogP contribution in [-0.2, 0) is 11.2 Å². The van der Waals surface area contributed by atoms with Crippen molar-refractivity contribution in [2.75, 3.05) is 0 Å². The minimum Gasteiger partial charge on any atom is -0.432 e. The highest BCUT2D eigenvalue weighted by Gasteiger charge is 2.50. The van der Waals surface area contributed by atoms with Crippen molar-refractivity contribution in [3.05, 3.63) is 48.0 Å². The topological polar surface area (TPSA) is 77.8 Å². The van der Waals surface area contributed by atoms with Gasteiger partial charge in [0.2, 0.25) is 5.24 Å². The molecule has 282 valence electrons. The summed E-state index contributed by atoms with van der Waals surface area (Å²) in [4.78, 5) is 45.4. The third-order valence-electron chi connectivity index (χ3n) is 13.6. The molecule has 0 radical (unpaired) electrons. The van der Waals surface area contributed by atoms with E-state index in [-0.39, 0.29) is 20.4 Å². The molecule has 0 amide bonds. The van der Waals surface area contributed by atoms with Gasteiger partial charge in [0.15, 0.2) is 25.0 Å². The maximum absolute atomic E-state index is 11.4. The molecule has 1 aliphatic carbocycles. The first-order chi connectivity index (χ1) is 22.3. The average Bonchev–Trinajstić information content (AvgIpc) is 3.24. The number of halogens is 1. The van der Waals surface area contributed by atoms with Crippen LogP contribution in [-0.4, -0.2) is 44.6 Å². The molecule has 8 heteroatoms. The molecule has 1 fully saturated rings. The number of carbonyl (C=O) groups excluding carboxylic acids is 1. The van der Waals surface area contributed by atoms with Crippen molar-refractivity contribution >= 4 is 41.8 Å². The quantitative estimate of drug-likeness (QED) is 0.0506. The molecule has 0 unspecified atom stereocenters. The second-order valence-corrected chi connectivity index (χ2v) is 33.3. The van der Waals surface area contributed by atoms with Gasteiger partial charge in [-0.25, -0.2) is 0 Å². The lowest BCUT2D eigenvalue weighted by Gasteiger charge is -2.40. The molecule has 0 bridgehead atoms. The molecule has 0 saturated heterocycles. The molecule has 1 aromatic rings. The Morgan fingerprint density at radius 2 is 1.31 bits per heavy atom. The van der Waals surface area contributed by atoms with E-state index in [4.69, 9.17) is 11.6 Å². The molecule has 1 saturated carbocycles. The number of hydrogen-bond acceptors (Lipinski definition) is 4. The van der Waals surface area contributed by atoms with Crippen LogP contribution < -0.4 is 0 Å². The monoisotopic (exact) mass is 750 g/mol. The van der Waals surface area contributed by atoms with E-state index in [1.807, 2.05) is 0 Å². The van der Waals surface area contributed by atoms with E-state index in [0.717, 1.165) is 70.6 Å². The highest BCUT2D eigenvalue weighted by atomic mass is 35.5. The van der Waals surface area contributed by atoms with Gasteiger partial charge in [-0.05, 0) is 165 Å². The Labute approximate surface area is 310 Å². The molecule has 4 nitrogen and oxygen atoms in total. The van der Waals surface area contributed by atoms with Crippen molar-refractivity contribution in [3.8, 4) is 0 Å². The summed E-state index contributed by atoms with van der Waals surface area (Å²) in [6.07, 6.45) is 16.5. The minimum absolute atomic E-state index is 0.0750. The Bertz CT molecular complexity index is 1180. The Hall–Kier alpha value is -0.549. The summed E-state index contributed by atoms with van der Waals surface area (Å²) in [5.41, 5.74) is 1.39. The van der Waals surface area contributed by atoms with Crippen LogP contribution in [0.3, 0.4) is 0 Å². The third-order valence-corrected chi connectivity index (χ3v) is 24.3. The zero-order chi connectivity index (χ0) is 37.5. The predicted octanol–water partition coefficient (Wildman–Crippen LogP) is 11.9. The van der Waals surface area contributed by atoms with Crippen molar-refractivity contribution < 1.29 is 19.2 Å². The summed E-state index contributed by atoms with van der Waals surface area (Å²) >= 11 is 5.61. The normalized spacial score (nSPS) is 22.2. The highest BCUT2D eigenvalue weighted by molar-refractivity contribution is 6.73. The van der Waals surface area contributed by atoms with Gasteiger partial charge in [0.1, 0.15) is 0 Å². The van der Waals surface area contributed by atoms with E-state index in [1.54, 1.807) is 0 Å². The second kappa shape index (κ2) is 18.0. The first-order valence-electron chi connectivity index (χ1n) is 19.3. The smallest absolute Gasteiger partial charge is 0.221 e. The van der Waals surface area contributed by atoms with Crippen LogP contribution in [0, 0.1) is 29.6 Å². The fourth-order valence-corrected chi connectivity index (χ4v) is 10.5. The van der Waals surface area contributed by atoms with Crippen molar-refractivity contribution in [1.82, 2.24) is 0 Å². The third kappa shape index (κ3) is 13.7. The lowest BCUT2D eigenvalue weighted by atomic mass is 9.75. The van der Waals surface area contributed by atoms with Crippen molar-refractivity contribution in [2.45, 2.75) is 173 Å². The SMILES string of the molecule is CC(C)(C[C@H](CCc1ccccc1)CC[C@H]1[C@H](CC(C)(C)[Si](C)(C)O)C[C@H](CC(C)(C)[Si](C)(C)O)[C@@H]1C/C=C\CCCC(=O)Cl)[Si](C)(C)O. The lowest BCUT2D eigenvalue weighted by Crippen LogP contribution is -2.41. The van der Waals surface area contributed by atoms with Gasteiger partial charge in [-0.15, -0.1) is 0 Å². The Balaban J connectivity index is 2.49. The number of benzene rings is 1. The largest absolute Gasteiger partial charge is 0.432 e. The number of carbonyl (C=O) groups is 1. The fraction of sp³-hybridized carbons (Fsp3) is 0.780. The van der Waals surface area contributed by atoms with E-state index < -0.39 is 25.0 Å². The number of allylic oxidation sites excluding steroid dienone is 2. The van der Waals surface area contributed by atoms with Crippen LogP contribution >= 0.6 is 11.6 Å². The van der Waals surface area contributed by atoms with Gasteiger partial charge in [0, 0.05) is 6.42 Å². The predicted molar refractivity (Wildman–Crippen MR) is 220 cm³/mol. The van der Waals surface area contributed by atoms with Crippen molar-refractivity contribution in [3.63, 3.8) is 0 Å². The molecule has 49 heavy (non-hydrogen) atoms. The number of unbranched alkanes of at least 4 members (excludes halogenated alkanes) is 1. The molecule has 0 aliphatic heterocycles. The zero-order valence-electron chi connectivity index (χ0n) is 33.5. The van der Waals surface area contributed by atoms with Gasteiger partial charge in [-0.3, -0.25) is 4.79 Å². The number of aryl methyl sites for hydroxylation is 1. The van der Waals surface area contributed by atoms with Crippen molar-refractivity contribution in [2.24, 2.45) is 29.6 Å². The minimum atomic E-state index is -2.41. The lowest BCUT2D eigenvalue weighted by molar-refractivity contribution is -0.111. The number of hydrogen-bond donors (Lipinski definition) is 3. The van der Waals surface area contributed by atoms with Crippen LogP contribution in [0.5, 0.6) is 0 Å². The Morgan fingerprint density at radius 1 is 0.796 bits per heavy atom. The van der Waals surface area contributed by atoms with Crippen LogP contribution in [0.25, 0.3) is 0 Å². The van der Waals surface area contributed by atoms with E-state index in [9.17, 15) is 19.2 Å². The van der Waals surface area contributed by atoms with Crippen molar-refractivity contribution in [1.29, 1.82) is 0 Å².